The van der Waals surface area contributed by atoms with Gasteiger partial charge in [-0.1, -0.05) is 43.7 Å². The minimum atomic E-state index is -0.435. The Balaban J connectivity index is -0.000000403. The summed E-state index contributed by atoms with van der Waals surface area (Å²) in [5.41, 5.74) is 1.26. The summed E-state index contributed by atoms with van der Waals surface area (Å²) in [6.45, 7) is 1.71. The molecule has 0 aromatic heterocycles. The molecular weight excluding hydrogens is 258 g/mol. The van der Waals surface area contributed by atoms with Gasteiger partial charge < -0.3 is 29.9 Å². The third kappa shape index (κ3) is 8.92. The summed E-state index contributed by atoms with van der Waals surface area (Å²) in [5.74, 6) is 0. The van der Waals surface area contributed by atoms with Gasteiger partial charge in [0.15, 0.2) is 0 Å². The summed E-state index contributed by atoms with van der Waals surface area (Å²) in [4.78, 5) is 0. The third-order valence-corrected chi connectivity index (χ3v) is 1.68. The van der Waals surface area contributed by atoms with Gasteiger partial charge in [-0.25, -0.2) is 0 Å². The van der Waals surface area contributed by atoms with Gasteiger partial charge in [-0.15, -0.1) is 6.10 Å². The molecule has 0 amide bonds. The minimum Gasteiger partial charge on any atom is -1.00 e. The molecule has 1 rings (SSSR count). The molecule has 0 spiro atoms. The van der Waals surface area contributed by atoms with E-state index in [4.69, 9.17) is 0 Å². The predicted octanol–water partition coefficient (Wildman–Crippen LogP) is -4.63. The molecule has 0 aliphatic rings. The van der Waals surface area contributed by atoms with Crippen molar-refractivity contribution in [1.82, 2.24) is 0 Å². The van der Waals surface area contributed by atoms with Gasteiger partial charge in [0.05, 0.1) is 0 Å². The summed E-state index contributed by atoms with van der Waals surface area (Å²) >= 11 is 0. The molecule has 0 aliphatic heterocycles. The van der Waals surface area contributed by atoms with Crippen molar-refractivity contribution in [3.63, 3.8) is 0 Å². The van der Waals surface area contributed by atoms with Gasteiger partial charge in [0.1, 0.15) is 0 Å². The van der Waals surface area contributed by atoms with Crippen LogP contribution in [-0.4, -0.2) is 6.10 Å². The van der Waals surface area contributed by atoms with Crippen LogP contribution in [0, 0.1) is 0 Å². The number of hydrogen-bond acceptors (Lipinski definition) is 1. The van der Waals surface area contributed by atoms with Crippen molar-refractivity contribution in [3.05, 3.63) is 35.9 Å². The maximum atomic E-state index is 10.7. The first kappa shape index (κ1) is 19.8. The zero-order chi connectivity index (χ0) is 8.10. The van der Waals surface area contributed by atoms with Gasteiger partial charge in [-0.05, 0) is 12.0 Å². The van der Waals surface area contributed by atoms with Crippen LogP contribution in [0.3, 0.4) is 0 Å². The van der Waals surface area contributed by atoms with Gasteiger partial charge in [0.25, 0.3) is 0 Å². The molecule has 1 aromatic rings. The van der Waals surface area contributed by atoms with E-state index in [2.05, 4.69) is 12.1 Å². The topological polar surface area (TPSA) is 23.1 Å². The molecule has 0 aliphatic carbocycles. The molecule has 0 fully saturated rings. The zero-order valence-corrected chi connectivity index (χ0v) is 10.9. The van der Waals surface area contributed by atoms with Crippen LogP contribution in [0.15, 0.2) is 30.3 Å². The summed E-state index contributed by atoms with van der Waals surface area (Å²) in [5, 5.41) is 10.7. The van der Waals surface area contributed by atoms with Gasteiger partial charge >= 0.3 is 18.6 Å². The predicted molar refractivity (Wildman–Crippen MR) is 44.2 cm³/mol. The second-order valence-electron chi connectivity index (χ2n) is 2.83. The van der Waals surface area contributed by atoms with Crippen molar-refractivity contribution >= 4 is 0 Å². The van der Waals surface area contributed by atoms with E-state index in [-0.39, 0.29) is 43.4 Å². The Bertz CT molecular complexity index is 205. The van der Waals surface area contributed by atoms with E-state index in [1.807, 2.05) is 18.2 Å². The molecule has 1 aromatic carbocycles. The Morgan fingerprint density at radius 2 is 1.64 bits per heavy atom. The maximum Gasteiger partial charge on any atom is 3.00 e. The van der Waals surface area contributed by atoms with E-state index < -0.39 is 6.10 Å². The molecule has 0 bridgehead atoms. The molecule has 1 atom stereocenters. The fourth-order valence-electron chi connectivity index (χ4n) is 1.01. The Labute approximate surface area is 110 Å². The Morgan fingerprint density at radius 3 is 2.07 bits per heavy atom. The second kappa shape index (κ2) is 11.4. The Kier molecular flexibility index (Phi) is 16.2. The van der Waals surface area contributed by atoms with Gasteiger partial charge in [-0.2, -0.15) is 0 Å². The fraction of sp³-hybridized carbons (Fsp3) is 0.400. The van der Waals surface area contributed by atoms with Crippen molar-refractivity contribution in [2.45, 2.75) is 25.9 Å². The molecule has 1 unspecified atom stereocenters. The zero-order valence-electron chi connectivity index (χ0n) is 7.99. The van der Waals surface area contributed by atoms with Crippen molar-refractivity contribution in [2.75, 3.05) is 0 Å². The number of aryl methyl sites for hydroxylation is 1. The van der Waals surface area contributed by atoms with Crippen molar-refractivity contribution in [3.8, 4) is 0 Å². The smallest absolute Gasteiger partial charge is 1.00 e. The summed E-state index contributed by atoms with van der Waals surface area (Å²) in [6, 6.07) is 10.1. The van der Waals surface area contributed by atoms with Gasteiger partial charge in [-0.3, -0.25) is 0 Å². The van der Waals surface area contributed by atoms with Gasteiger partial charge in [0, 0.05) is 0 Å². The first-order valence-electron chi connectivity index (χ1n) is 3.99. The minimum absolute atomic E-state index is 0. The van der Waals surface area contributed by atoms with E-state index >= 15 is 0 Å². The number of benzene rings is 1. The summed E-state index contributed by atoms with van der Waals surface area (Å²) in [7, 11) is 0. The SMILES string of the molecule is CC([O-])CCc1ccccc1.[Cl-].[Cl-].[V+3]. The number of rotatable bonds is 3. The third-order valence-electron chi connectivity index (χ3n) is 1.68. The maximum absolute atomic E-state index is 10.7. The van der Waals surface area contributed by atoms with Crippen LogP contribution in [0.25, 0.3) is 0 Å². The molecule has 0 heterocycles. The number of hydrogen-bond donors (Lipinski definition) is 0. The molecule has 14 heavy (non-hydrogen) atoms. The number of halogens is 2. The molecule has 78 valence electrons. The molecule has 0 saturated heterocycles. The van der Waals surface area contributed by atoms with E-state index in [0.29, 0.717) is 0 Å². The average Bonchev–Trinajstić information content (AvgIpc) is 2.03. The van der Waals surface area contributed by atoms with E-state index in [0.717, 1.165) is 12.8 Å². The monoisotopic (exact) mass is 270 g/mol. The quantitative estimate of drug-likeness (QED) is 0.542. The molecule has 0 N–H and O–H groups in total. The Morgan fingerprint density at radius 1 is 1.14 bits per heavy atom. The fourth-order valence-corrected chi connectivity index (χ4v) is 1.01. The van der Waals surface area contributed by atoms with E-state index in [1.54, 1.807) is 6.92 Å². The molecule has 1 nitrogen and oxygen atoms in total. The first-order valence-corrected chi connectivity index (χ1v) is 3.99. The average molecular weight is 271 g/mol. The van der Waals surface area contributed by atoms with E-state index in [1.165, 1.54) is 5.56 Å². The molecule has 4 heteroatoms. The van der Waals surface area contributed by atoms with Crippen LogP contribution < -0.4 is 29.9 Å². The standard InChI is InChI=1S/C10H13O.2ClH.V/c1-9(11)7-8-10-5-3-2-4-6-10;;;/h2-6,9H,7-8H2,1H3;2*1H;/q-1;;;+3/p-2. The molecule has 0 saturated carbocycles. The largest absolute Gasteiger partial charge is 3.00 e. The van der Waals surface area contributed by atoms with Crippen LogP contribution >= 0.6 is 0 Å². The van der Waals surface area contributed by atoms with E-state index in [9.17, 15) is 5.11 Å². The first-order chi connectivity index (χ1) is 5.29. The molecular formula is C10H13Cl2OV. The van der Waals surface area contributed by atoms with Crippen molar-refractivity contribution in [1.29, 1.82) is 0 Å². The van der Waals surface area contributed by atoms with Crippen LogP contribution in [-0.2, 0) is 25.0 Å². The van der Waals surface area contributed by atoms with Crippen LogP contribution in [0.2, 0.25) is 0 Å². The van der Waals surface area contributed by atoms with Crippen LogP contribution in [0.5, 0.6) is 0 Å². The van der Waals surface area contributed by atoms with Crippen molar-refractivity contribution < 1.29 is 48.5 Å². The normalized spacial score (nSPS) is 10.1. The Hall–Kier alpha value is 0.344. The van der Waals surface area contributed by atoms with Crippen molar-refractivity contribution in [2.24, 2.45) is 0 Å². The summed E-state index contributed by atoms with van der Waals surface area (Å²) < 4.78 is 0. The van der Waals surface area contributed by atoms with Gasteiger partial charge in [0.2, 0.25) is 0 Å². The summed E-state index contributed by atoms with van der Waals surface area (Å²) in [6.07, 6.45) is 1.21. The van der Waals surface area contributed by atoms with Crippen LogP contribution in [0.4, 0.5) is 0 Å². The van der Waals surface area contributed by atoms with Crippen LogP contribution in [0.1, 0.15) is 18.9 Å². The molecule has 0 radical (unpaired) electrons. The second-order valence-corrected chi connectivity index (χ2v) is 2.83.